The van der Waals surface area contributed by atoms with E-state index in [1.54, 1.807) is 32.0 Å². The minimum Gasteiger partial charge on any atom is -0.337 e. The highest BCUT2D eigenvalue weighted by atomic mass is 32.2. The van der Waals surface area contributed by atoms with Gasteiger partial charge in [0.25, 0.3) is 15.9 Å². The number of amides is 1. The fourth-order valence-electron chi connectivity index (χ4n) is 5.54. The highest BCUT2D eigenvalue weighted by Gasteiger charge is 2.49. The van der Waals surface area contributed by atoms with Crippen molar-refractivity contribution in [2.24, 2.45) is 4.99 Å². The molecule has 0 radical (unpaired) electrons. The summed E-state index contributed by atoms with van der Waals surface area (Å²) in [5.41, 5.74) is 4.10. The SMILES string of the molecule is CCCCC1=NC2(CCCC2)C(=O)N1Cc1ccc(-c2ccccc2S(=O)(=O)Nc2onc(C)c2C)cc1C. The molecule has 8 nitrogen and oxygen atoms in total. The molecule has 1 N–H and O–H groups in total. The third kappa shape index (κ3) is 5.12. The van der Waals surface area contributed by atoms with E-state index in [0.717, 1.165) is 67.5 Å². The molecule has 2 aliphatic rings. The number of sulfonamides is 1. The Morgan fingerprint density at radius 2 is 1.82 bits per heavy atom. The Labute approximate surface area is 230 Å². The van der Waals surface area contributed by atoms with E-state index in [0.29, 0.717) is 23.4 Å². The summed E-state index contributed by atoms with van der Waals surface area (Å²) in [6.07, 6.45) is 6.63. The van der Waals surface area contributed by atoms with Crippen LogP contribution >= 0.6 is 0 Å². The molecular formula is C30H36N4O4S. The highest BCUT2D eigenvalue weighted by Crippen LogP contribution is 2.40. The zero-order chi connectivity index (χ0) is 27.8. The largest absolute Gasteiger partial charge is 0.337 e. The number of nitrogens with zero attached hydrogens (tertiary/aromatic N) is 3. The number of hydrogen-bond donors (Lipinski definition) is 1. The maximum atomic E-state index is 13.6. The molecule has 0 unspecified atom stereocenters. The van der Waals surface area contributed by atoms with Crippen LogP contribution in [0.5, 0.6) is 0 Å². The van der Waals surface area contributed by atoms with Gasteiger partial charge in [0, 0.05) is 17.5 Å². The van der Waals surface area contributed by atoms with Crippen LogP contribution in [-0.2, 0) is 21.4 Å². The Balaban J connectivity index is 1.42. The first-order valence-electron chi connectivity index (χ1n) is 13.7. The number of aromatic nitrogens is 1. The van der Waals surface area contributed by atoms with Crippen molar-refractivity contribution in [3.63, 3.8) is 0 Å². The van der Waals surface area contributed by atoms with E-state index in [-0.39, 0.29) is 16.7 Å². The van der Waals surface area contributed by atoms with Crippen LogP contribution in [0.2, 0.25) is 0 Å². The van der Waals surface area contributed by atoms with Crippen LogP contribution in [0, 0.1) is 20.8 Å². The Kier molecular flexibility index (Phi) is 7.37. The summed E-state index contributed by atoms with van der Waals surface area (Å²) >= 11 is 0. The molecule has 2 aromatic carbocycles. The van der Waals surface area contributed by atoms with Crippen molar-refractivity contribution < 1.29 is 17.7 Å². The zero-order valence-corrected chi connectivity index (χ0v) is 23.9. The number of amidine groups is 1. The second kappa shape index (κ2) is 10.6. The van der Waals surface area contributed by atoms with Gasteiger partial charge in [-0.05, 0) is 62.8 Å². The third-order valence-electron chi connectivity index (χ3n) is 8.03. The maximum absolute atomic E-state index is 13.6. The van der Waals surface area contributed by atoms with Crippen LogP contribution in [0.15, 0.2) is 56.9 Å². The second-order valence-electron chi connectivity index (χ2n) is 10.7. The molecule has 39 heavy (non-hydrogen) atoms. The first kappa shape index (κ1) is 27.1. The second-order valence-corrected chi connectivity index (χ2v) is 12.4. The number of nitrogens with one attached hydrogen (secondary N) is 1. The molecule has 1 amide bonds. The summed E-state index contributed by atoms with van der Waals surface area (Å²) in [5.74, 6) is 1.16. The fourth-order valence-corrected chi connectivity index (χ4v) is 6.81. The number of unbranched alkanes of at least 4 members (excludes halogenated alkanes) is 1. The molecule has 2 heterocycles. The standard InChI is InChI=1S/C30H36N4O4S/c1-5-6-13-27-31-30(16-9-10-17-30)29(35)34(27)19-24-15-14-23(18-20(24)2)25-11-7-8-12-26(25)39(36,37)33-28-21(3)22(4)32-38-28/h7-8,11-12,14-15,18,33H,5-6,9-10,13,16-17,19H2,1-4H3. The maximum Gasteiger partial charge on any atom is 0.264 e. The molecule has 0 saturated heterocycles. The Hall–Kier alpha value is -3.46. The fraction of sp³-hybridized carbons (Fsp3) is 0.433. The van der Waals surface area contributed by atoms with Crippen molar-refractivity contribution in [3.8, 4) is 11.1 Å². The van der Waals surface area contributed by atoms with Gasteiger partial charge < -0.3 is 4.52 Å². The normalized spacial score (nSPS) is 16.8. The van der Waals surface area contributed by atoms with E-state index in [2.05, 4.69) is 16.8 Å². The number of rotatable bonds is 9. The topological polar surface area (TPSA) is 105 Å². The predicted octanol–water partition coefficient (Wildman–Crippen LogP) is 6.31. The molecule has 1 aliphatic carbocycles. The van der Waals surface area contributed by atoms with E-state index in [4.69, 9.17) is 9.52 Å². The van der Waals surface area contributed by atoms with Gasteiger partial charge in [-0.25, -0.2) is 13.1 Å². The average Bonchev–Trinajstić information content (AvgIpc) is 3.59. The summed E-state index contributed by atoms with van der Waals surface area (Å²) in [5, 5.41) is 3.85. The summed E-state index contributed by atoms with van der Waals surface area (Å²) < 4.78 is 34.5. The first-order chi connectivity index (χ1) is 18.6. The van der Waals surface area contributed by atoms with Crippen molar-refractivity contribution in [2.75, 3.05) is 4.72 Å². The number of anilines is 1. The van der Waals surface area contributed by atoms with E-state index in [1.807, 2.05) is 36.1 Å². The molecule has 3 aromatic rings. The summed E-state index contributed by atoms with van der Waals surface area (Å²) in [6, 6.07) is 12.8. The quantitative estimate of drug-likeness (QED) is 0.337. The predicted molar refractivity (Wildman–Crippen MR) is 152 cm³/mol. The smallest absolute Gasteiger partial charge is 0.264 e. The van der Waals surface area contributed by atoms with Crippen LogP contribution in [0.25, 0.3) is 11.1 Å². The van der Waals surface area contributed by atoms with Gasteiger partial charge in [-0.1, -0.05) is 67.7 Å². The third-order valence-corrected chi connectivity index (χ3v) is 9.41. The van der Waals surface area contributed by atoms with Gasteiger partial charge in [0.1, 0.15) is 11.4 Å². The number of hydrogen-bond acceptors (Lipinski definition) is 6. The monoisotopic (exact) mass is 548 g/mol. The number of aliphatic imine (C=N–C) groups is 1. The Bertz CT molecular complexity index is 1530. The Morgan fingerprint density at radius 1 is 1.08 bits per heavy atom. The van der Waals surface area contributed by atoms with Crippen LogP contribution in [0.4, 0.5) is 5.88 Å². The molecule has 1 fully saturated rings. The molecule has 5 rings (SSSR count). The molecule has 1 spiro atoms. The molecule has 1 aliphatic heterocycles. The summed E-state index contributed by atoms with van der Waals surface area (Å²) in [4.78, 5) is 20.6. The molecule has 1 aromatic heterocycles. The molecule has 0 bridgehead atoms. The van der Waals surface area contributed by atoms with Crippen LogP contribution < -0.4 is 4.72 Å². The lowest BCUT2D eigenvalue weighted by atomic mass is 9.97. The number of benzene rings is 2. The molecule has 9 heteroatoms. The number of carbonyl (C=O) groups is 1. The van der Waals surface area contributed by atoms with Crippen molar-refractivity contribution in [2.45, 2.75) is 89.6 Å². The average molecular weight is 549 g/mol. The van der Waals surface area contributed by atoms with Gasteiger partial charge in [-0.3, -0.25) is 14.7 Å². The highest BCUT2D eigenvalue weighted by molar-refractivity contribution is 7.92. The van der Waals surface area contributed by atoms with Gasteiger partial charge in [0.15, 0.2) is 0 Å². The summed E-state index contributed by atoms with van der Waals surface area (Å²) in [6.45, 7) is 8.15. The lowest BCUT2D eigenvalue weighted by Crippen LogP contribution is -2.40. The van der Waals surface area contributed by atoms with Crippen molar-refractivity contribution in [3.05, 3.63) is 64.8 Å². The number of carbonyl (C=O) groups excluding carboxylic acids is 1. The molecule has 0 atom stereocenters. The molecule has 1 saturated carbocycles. The van der Waals surface area contributed by atoms with E-state index < -0.39 is 15.6 Å². The van der Waals surface area contributed by atoms with E-state index >= 15 is 0 Å². The van der Waals surface area contributed by atoms with Crippen LogP contribution in [0.3, 0.4) is 0 Å². The van der Waals surface area contributed by atoms with Crippen LogP contribution in [0.1, 0.15) is 74.3 Å². The minimum absolute atomic E-state index is 0.115. The van der Waals surface area contributed by atoms with E-state index in [1.165, 1.54) is 0 Å². The van der Waals surface area contributed by atoms with Gasteiger partial charge in [0.05, 0.1) is 17.1 Å². The lowest BCUT2D eigenvalue weighted by molar-refractivity contribution is -0.131. The van der Waals surface area contributed by atoms with Crippen molar-refractivity contribution in [1.82, 2.24) is 10.1 Å². The van der Waals surface area contributed by atoms with Crippen molar-refractivity contribution in [1.29, 1.82) is 0 Å². The lowest BCUT2D eigenvalue weighted by Gasteiger charge is -2.23. The van der Waals surface area contributed by atoms with Gasteiger partial charge >= 0.3 is 0 Å². The van der Waals surface area contributed by atoms with Crippen molar-refractivity contribution >= 4 is 27.7 Å². The Morgan fingerprint density at radius 3 is 2.49 bits per heavy atom. The first-order valence-corrected chi connectivity index (χ1v) is 15.2. The van der Waals surface area contributed by atoms with Gasteiger partial charge in [0.2, 0.25) is 5.88 Å². The van der Waals surface area contributed by atoms with Crippen LogP contribution in [-0.4, -0.2) is 35.8 Å². The molecule has 206 valence electrons. The minimum atomic E-state index is -3.93. The summed E-state index contributed by atoms with van der Waals surface area (Å²) in [7, 11) is -3.93. The van der Waals surface area contributed by atoms with Gasteiger partial charge in [-0.2, -0.15) is 0 Å². The molecular weight excluding hydrogens is 512 g/mol. The van der Waals surface area contributed by atoms with Gasteiger partial charge in [-0.15, -0.1) is 0 Å². The number of aryl methyl sites for hydroxylation is 2. The zero-order valence-electron chi connectivity index (χ0n) is 23.1. The van der Waals surface area contributed by atoms with E-state index in [9.17, 15) is 13.2 Å².